The van der Waals surface area contributed by atoms with Crippen molar-refractivity contribution in [3.63, 3.8) is 0 Å². The first-order valence-corrected chi connectivity index (χ1v) is 0.508. The summed E-state index contributed by atoms with van der Waals surface area (Å²) in [6.07, 6.45) is 0. The van der Waals surface area contributed by atoms with Gasteiger partial charge in [-0.2, -0.15) is 0 Å². The molecule has 0 unspecified atom stereocenters. The molecule has 0 N–H and O–H groups in total. The second kappa shape index (κ2) is 17.0. The molecule has 0 saturated heterocycles. The Bertz CT molecular complexity index is 8.00. The molecular weight excluding hydrogens is 421 g/mol. The van der Waals surface area contributed by atoms with E-state index in [1.807, 2.05) is 0 Å². The average molecular weight is 423 g/mol. The zero-order valence-electron chi connectivity index (χ0n) is 1.29. The van der Waals surface area contributed by atoms with E-state index < -0.39 is 0 Å². The minimum atomic E-state index is 0. The second-order valence-electron chi connectivity index (χ2n) is 0. The Hall–Kier alpha value is 2.81. The van der Waals surface area contributed by atoms with Gasteiger partial charge < -0.3 is 0 Å². The summed E-state index contributed by atoms with van der Waals surface area (Å²) < 4.78 is 7.81. The van der Waals surface area contributed by atoms with Crippen LogP contribution in [0.3, 0.4) is 0 Å². The van der Waals surface area contributed by atoms with Gasteiger partial charge >= 0.3 is 68.7 Å². The molecule has 0 heterocycles. The number of hydrogen-bond donors (Lipinski definition) is 0. The second-order valence-corrected chi connectivity index (χ2v) is 0. The van der Waals surface area contributed by atoms with Crippen LogP contribution in [0.15, 0.2) is 0 Å². The Morgan fingerprint density at radius 3 is 1.25 bits per heavy atom. The Balaban J connectivity index is -0.00000000500. The van der Waals surface area contributed by atoms with Crippen LogP contribution in [0.1, 0.15) is 0 Å². The molecule has 0 rings (SSSR count). The summed E-state index contributed by atoms with van der Waals surface area (Å²) in [5.41, 5.74) is 0. The first kappa shape index (κ1) is 15.8. The molecule has 24 valence electrons. The molecule has 0 fully saturated rings. The van der Waals surface area contributed by atoms with Crippen LogP contribution in [0.4, 0.5) is 0 Å². The van der Waals surface area contributed by atoms with Gasteiger partial charge in [0, 0.05) is 27.3 Å². The minimum Gasteiger partial charge on any atom is 0 e. The predicted octanol–water partition coefficient (Wildman–Crippen LogP) is -1.42. The Morgan fingerprint density at radius 1 is 1.25 bits per heavy atom. The molecule has 0 aliphatic rings. The van der Waals surface area contributed by atoms with Gasteiger partial charge in [0.05, 0.1) is 0 Å². The van der Waals surface area contributed by atoms with Crippen molar-refractivity contribution in [2.75, 3.05) is 0 Å². The van der Waals surface area contributed by atoms with Crippen molar-refractivity contribution in [2.45, 2.75) is 0 Å². The van der Waals surface area contributed by atoms with Crippen LogP contribution in [-0.2, 0) is 19.8 Å². The molecule has 0 aromatic rings. The molecule has 0 atom stereocenters. The first-order valence-electron chi connectivity index (χ1n) is 0.123. The van der Waals surface area contributed by atoms with E-state index in [1.165, 1.54) is 0 Å². The maximum atomic E-state index is 7.81. The summed E-state index contributed by atoms with van der Waals surface area (Å²) in [4.78, 5) is 0. The standard InChI is InChI=1S/Ba.Cu.O.Tl.2H. The van der Waals surface area contributed by atoms with Crippen LogP contribution >= 0.6 is 0 Å². The van der Waals surface area contributed by atoms with E-state index in [-0.39, 0.29) is 76.2 Å². The van der Waals surface area contributed by atoms with Gasteiger partial charge in [-0.15, -0.1) is 0 Å². The maximum absolute atomic E-state index is 7.81. The van der Waals surface area contributed by atoms with Crippen molar-refractivity contribution in [3.05, 3.63) is 0 Å². The molecular formula is H2BaCuOTl. The molecule has 0 aromatic carbocycles. The summed E-state index contributed by atoms with van der Waals surface area (Å²) >= 11 is 2.94. The van der Waals surface area contributed by atoms with Crippen molar-refractivity contribution in [1.82, 2.24) is 0 Å². The topological polar surface area (TPSA) is 17.1 Å². The Kier molecular flexibility index (Phi) is 67.4. The van der Waals surface area contributed by atoms with Crippen LogP contribution in [0.5, 0.6) is 0 Å². The molecule has 1 nitrogen and oxygen atoms in total. The molecule has 0 spiro atoms. The molecule has 4 heteroatoms. The van der Waals surface area contributed by atoms with E-state index in [0.29, 0.717) is 0 Å². The van der Waals surface area contributed by atoms with Crippen molar-refractivity contribution >= 4 is 76.2 Å². The van der Waals surface area contributed by atoms with Crippen LogP contribution in [0.25, 0.3) is 0 Å². The van der Waals surface area contributed by atoms with Crippen LogP contribution in [0.2, 0.25) is 0 Å². The molecule has 0 aliphatic heterocycles. The minimum absolute atomic E-state index is 0. The van der Waals surface area contributed by atoms with Gasteiger partial charge in [-0.25, -0.2) is 0 Å². The molecule has 0 bridgehead atoms. The van der Waals surface area contributed by atoms with Crippen LogP contribution in [0, 0.1) is 0 Å². The van der Waals surface area contributed by atoms with Gasteiger partial charge in [-0.3, -0.25) is 0 Å². The van der Waals surface area contributed by atoms with Gasteiger partial charge in [0.25, 0.3) is 0 Å². The smallest absolute Gasteiger partial charge is 0 e. The fourth-order valence-electron chi connectivity index (χ4n) is 0. The zero-order valence-corrected chi connectivity index (χ0v) is 6.72. The van der Waals surface area contributed by atoms with E-state index in [9.17, 15) is 0 Å². The third-order valence-corrected chi connectivity index (χ3v) is 0. The van der Waals surface area contributed by atoms with Crippen molar-refractivity contribution in [2.24, 2.45) is 0 Å². The molecule has 0 amide bonds. The third kappa shape index (κ3) is 8.84. The van der Waals surface area contributed by atoms with E-state index in [0.717, 1.165) is 0 Å². The van der Waals surface area contributed by atoms with Gasteiger partial charge in [0.2, 0.25) is 0 Å². The molecule has 0 saturated carbocycles. The summed E-state index contributed by atoms with van der Waals surface area (Å²) in [5, 5.41) is 0. The van der Waals surface area contributed by atoms with E-state index >= 15 is 0 Å². The fourth-order valence-corrected chi connectivity index (χ4v) is 0. The SMILES string of the molecule is [BaH2].[O]=[Cu].[Tl]. The van der Waals surface area contributed by atoms with E-state index in [1.54, 1.807) is 0 Å². The predicted molar refractivity (Wildman–Crippen MR) is 15.0 cm³/mol. The average Bonchev–Trinajstić information content (AvgIpc) is 1.00. The van der Waals surface area contributed by atoms with Crippen LogP contribution < -0.4 is 0 Å². The van der Waals surface area contributed by atoms with Gasteiger partial charge in [0.15, 0.2) is 0 Å². The van der Waals surface area contributed by atoms with Crippen molar-refractivity contribution in [1.29, 1.82) is 0 Å². The third-order valence-electron chi connectivity index (χ3n) is 0. The van der Waals surface area contributed by atoms with E-state index in [2.05, 4.69) is 15.9 Å². The first-order chi connectivity index (χ1) is 1.00. The Labute approximate surface area is 93.5 Å². The molecule has 4 heavy (non-hydrogen) atoms. The monoisotopic (exact) mass is 424 g/mol. The molecule has 0 aromatic heterocycles. The van der Waals surface area contributed by atoms with Crippen LogP contribution in [-0.4, -0.2) is 76.2 Å². The number of rotatable bonds is 0. The quantitative estimate of drug-likeness (QED) is 0.438. The summed E-state index contributed by atoms with van der Waals surface area (Å²) in [5.74, 6) is 0. The summed E-state index contributed by atoms with van der Waals surface area (Å²) in [6.45, 7) is 0. The van der Waals surface area contributed by atoms with Crippen molar-refractivity contribution < 1.29 is 19.8 Å². The molecule has 1 radical (unpaired) electrons. The Morgan fingerprint density at radius 2 is 1.25 bits per heavy atom. The zero-order chi connectivity index (χ0) is 2.00. The van der Waals surface area contributed by atoms with Crippen molar-refractivity contribution in [3.8, 4) is 0 Å². The fraction of sp³-hybridized carbons (Fsp3) is 0. The number of hydrogen-bond acceptors (Lipinski definition) is 1. The molecule has 0 aliphatic carbocycles. The van der Waals surface area contributed by atoms with Gasteiger partial charge in [0.1, 0.15) is 0 Å². The maximum Gasteiger partial charge on any atom is 0 e. The van der Waals surface area contributed by atoms with E-state index in [4.69, 9.17) is 3.83 Å². The summed E-state index contributed by atoms with van der Waals surface area (Å²) in [7, 11) is 0. The summed E-state index contributed by atoms with van der Waals surface area (Å²) in [6, 6.07) is 0. The largest absolute Gasteiger partial charge is 0 e. The van der Waals surface area contributed by atoms with Gasteiger partial charge in [-0.1, -0.05) is 0 Å². The normalized spacial score (nSPS) is 1.50. The van der Waals surface area contributed by atoms with Gasteiger partial charge in [-0.05, 0) is 0 Å².